The molecule has 0 N–H and O–H groups in total. The van der Waals surface area contributed by atoms with Gasteiger partial charge in [-0.05, 0) is 31.1 Å². The number of hydrogen-bond donors (Lipinski definition) is 0. The molecule has 0 heterocycles. The summed E-state index contributed by atoms with van der Waals surface area (Å²) in [6.45, 7) is 11.4. The molecule has 0 saturated heterocycles. The number of ether oxygens (including phenoxy) is 3. The Balaban J connectivity index is 4.23. The highest BCUT2D eigenvalue weighted by atomic mass is 16.6. The van der Waals surface area contributed by atoms with Crippen LogP contribution in [0.1, 0.15) is 330 Å². The molecule has 0 rings (SSSR count). The lowest BCUT2D eigenvalue weighted by Gasteiger charge is -2.18. The van der Waals surface area contributed by atoms with Crippen molar-refractivity contribution < 1.29 is 28.6 Å². The number of hydrogen-bond acceptors (Lipinski definition) is 6. The average Bonchev–Trinajstić information content (AvgIpc) is 3.29. The molecule has 0 aliphatic heterocycles. The summed E-state index contributed by atoms with van der Waals surface area (Å²) in [7, 11) is 0. The molecule has 6 heteroatoms. The molecule has 2 atom stereocenters. The summed E-state index contributed by atoms with van der Waals surface area (Å²) >= 11 is 0. The van der Waals surface area contributed by atoms with Gasteiger partial charge in [-0.3, -0.25) is 14.4 Å². The smallest absolute Gasteiger partial charge is 0.306 e. The zero-order valence-corrected chi connectivity index (χ0v) is 44.6. The molecule has 0 bridgehead atoms. The monoisotopic (exact) mass is 919 g/mol. The van der Waals surface area contributed by atoms with E-state index >= 15 is 0 Å². The third-order valence-electron chi connectivity index (χ3n) is 13.8. The zero-order chi connectivity index (χ0) is 47.5. The summed E-state index contributed by atoms with van der Waals surface area (Å²) in [6, 6.07) is 0. The first-order chi connectivity index (χ1) is 31.8. The molecule has 0 fully saturated rings. The Labute approximate surface area is 406 Å². The predicted octanol–water partition coefficient (Wildman–Crippen LogP) is 19.3. The second-order valence-corrected chi connectivity index (χ2v) is 21.0. The average molecular weight is 920 g/mol. The van der Waals surface area contributed by atoms with Crippen LogP contribution in [0.2, 0.25) is 0 Å². The molecule has 386 valence electrons. The Morgan fingerprint density at radius 2 is 0.585 bits per heavy atom. The molecular weight excluding hydrogens is 805 g/mol. The van der Waals surface area contributed by atoms with Crippen LogP contribution in [-0.4, -0.2) is 37.2 Å². The molecule has 0 spiro atoms. The van der Waals surface area contributed by atoms with E-state index in [1.54, 1.807) is 0 Å². The van der Waals surface area contributed by atoms with Gasteiger partial charge in [0.05, 0.1) is 0 Å². The van der Waals surface area contributed by atoms with Crippen LogP contribution < -0.4 is 0 Å². The van der Waals surface area contributed by atoms with Crippen LogP contribution in [0.25, 0.3) is 0 Å². The molecule has 0 aromatic rings. The normalized spacial score (nSPS) is 12.5. The number of unbranched alkanes of at least 4 members (excludes halogenated alkanes) is 37. The molecule has 6 nitrogen and oxygen atoms in total. The van der Waals surface area contributed by atoms with Gasteiger partial charge in [0.2, 0.25) is 0 Å². The molecule has 0 saturated carbocycles. The van der Waals surface area contributed by atoms with Crippen LogP contribution in [-0.2, 0) is 28.6 Å². The number of esters is 3. The summed E-state index contributed by atoms with van der Waals surface area (Å²) in [4.78, 5) is 38.1. The first kappa shape index (κ1) is 63.4. The van der Waals surface area contributed by atoms with Crippen LogP contribution in [0, 0.1) is 11.8 Å². The number of carbonyl (C=O) groups is 3. The van der Waals surface area contributed by atoms with Gasteiger partial charge in [0.25, 0.3) is 0 Å². The van der Waals surface area contributed by atoms with Crippen LogP contribution in [0.15, 0.2) is 0 Å². The van der Waals surface area contributed by atoms with Crippen molar-refractivity contribution in [1.82, 2.24) is 0 Å². The molecule has 1 unspecified atom stereocenters. The molecule has 65 heavy (non-hydrogen) atoms. The fourth-order valence-electron chi connectivity index (χ4n) is 9.02. The quantitative estimate of drug-likeness (QED) is 0.0344. The van der Waals surface area contributed by atoms with Crippen molar-refractivity contribution in [2.24, 2.45) is 11.8 Å². The topological polar surface area (TPSA) is 78.9 Å². The fourth-order valence-corrected chi connectivity index (χ4v) is 9.02. The van der Waals surface area contributed by atoms with Crippen molar-refractivity contribution in [3.8, 4) is 0 Å². The SMILES string of the molecule is CCCCCCCCCCCCCCC(=O)OC[C@@H](COC(=O)CCCCCCCCCCCCC(C)C)OC(=O)CCCCCCCCCCCCCCCCCCCCC(C)CC. The Kier molecular flexibility index (Phi) is 50.5. The Bertz CT molecular complexity index is 995. The molecule has 0 amide bonds. The minimum absolute atomic E-state index is 0.0628. The van der Waals surface area contributed by atoms with Crippen LogP contribution in [0.5, 0.6) is 0 Å². The summed E-state index contributed by atoms with van der Waals surface area (Å²) in [5, 5.41) is 0. The van der Waals surface area contributed by atoms with E-state index in [0.717, 1.165) is 69.6 Å². The van der Waals surface area contributed by atoms with Crippen molar-refractivity contribution in [2.45, 2.75) is 336 Å². The third-order valence-corrected chi connectivity index (χ3v) is 13.8. The van der Waals surface area contributed by atoms with E-state index in [-0.39, 0.29) is 31.1 Å². The van der Waals surface area contributed by atoms with Crippen molar-refractivity contribution in [3.63, 3.8) is 0 Å². The molecule has 0 aromatic heterocycles. The molecule has 0 radical (unpaired) electrons. The van der Waals surface area contributed by atoms with Crippen LogP contribution in [0.3, 0.4) is 0 Å². The summed E-state index contributed by atoms with van der Waals surface area (Å²) in [5.74, 6) is 0.887. The predicted molar refractivity (Wildman–Crippen MR) is 280 cm³/mol. The zero-order valence-electron chi connectivity index (χ0n) is 44.6. The van der Waals surface area contributed by atoms with E-state index < -0.39 is 6.10 Å². The first-order valence-corrected chi connectivity index (χ1v) is 29.3. The van der Waals surface area contributed by atoms with Gasteiger partial charge < -0.3 is 14.2 Å². The van der Waals surface area contributed by atoms with Gasteiger partial charge in [0, 0.05) is 19.3 Å². The van der Waals surface area contributed by atoms with Gasteiger partial charge in [0.1, 0.15) is 13.2 Å². The van der Waals surface area contributed by atoms with Crippen molar-refractivity contribution in [1.29, 1.82) is 0 Å². The second-order valence-electron chi connectivity index (χ2n) is 21.0. The maximum atomic E-state index is 12.9. The minimum Gasteiger partial charge on any atom is -0.462 e. The molecular formula is C59H114O6. The lowest BCUT2D eigenvalue weighted by atomic mass is 9.99. The van der Waals surface area contributed by atoms with E-state index in [1.807, 2.05) is 0 Å². The third kappa shape index (κ3) is 51.6. The van der Waals surface area contributed by atoms with Gasteiger partial charge in [-0.1, -0.05) is 291 Å². The van der Waals surface area contributed by atoms with Crippen molar-refractivity contribution in [3.05, 3.63) is 0 Å². The lowest BCUT2D eigenvalue weighted by Crippen LogP contribution is -2.30. The highest BCUT2D eigenvalue weighted by molar-refractivity contribution is 5.71. The largest absolute Gasteiger partial charge is 0.462 e. The van der Waals surface area contributed by atoms with Crippen LogP contribution >= 0.6 is 0 Å². The number of carbonyl (C=O) groups excluding carboxylic acids is 3. The fraction of sp³-hybridized carbons (Fsp3) is 0.949. The maximum Gasteiger partial charge on any atom is 0.306 e. The van der Waals surface area contributed by atoms with E-state index in [9.17, 15) is 14.4 Å². The summed E-state index contributed by atoms with van der Waals surface area (Å²) in [6.07, 6.45) is 55.2. The van der Waals surface area contributed by atoms with E-state index in [1.165, 1.54) is 218 Å². The first-order valence-electron chi connectivity index (χ1n) is 29.3. The lowest BCUT2D eigenvalue weighted by molar-refractivity contribution is -0.167. The van der Waals surface area contributed by atoms with Crippen molar-refractivity contribution in [2.75, 3.05) is 13.2 Å². The second kappa shape index (κ2) is 51.8. The highest BCUT2D eigenvalue weighted by Gasteiger charge is 2.19. The standard InChI is InChI=1S/C59H114O6/c1-6-8-9-10-11-12-13-23-29-34-39-44-49-57(60)63-52-56(53-64-58(61)50-45-40-35-30-26-25-27-32-37-42-47-54(3)4)65-59(62)51-46-41-36-31-24-21-19-17-15-14-16-18-20-22-28-33-38-43-48-55(5)7-2/h54-56H,6-53H2,1-5H3/t55?,56-/m0/s1. The Morgan fingerprint density at radius 1 is 0.323 bits per heavy atom. The Hall–Kier alpha value is -1.59. The van der Waals surface area contributed by atoms with Gasteiger partial charge in [0.15, 0.2) is 6.10 Å². The molecule has 0 aromatic carbocycles. The molecule has 0 aliphatic carbocycles. The van der Waals surface area contributed by atoms with E-state index in [0.29, 0.717) is 19.3 Å². The van der Waals surface area contributed by atoms with Gasteiger partial charge in [-0.2, -0.15) is 0 Å². The minimum atomic E-state index is -0.762. The highest BCUT2D eigenvalue weighted by Crippen LogP contribution is 2.19. The van der Waals surface area contributed by atoms with Crippen molar-refractivity contribution >= 4 is 17.9 Å². The van der Waals surface area contributed by atoms with Crippen LogP contribution in [0.4, 0.5) is 0 Å². The van der Waals surface area contributed by atoms with Gasteiger partial charge in [-0.25, -0.2) is 0 Å². The number of rotatable bonds is 53. The Morgan fingerprint density at radius 3 is 0.877 bits per heavy atom. The van der Waals surface area contributed by atoms with Gasteiger partial charge in [-0.15, -0.1) is 0 Å². The van der Waals surface area contributed by atoms with Gasteiger partial charge >= 0.3 is 17.9 Å². The van der Waals surface area contributed by atoms with E-state index in [4.69, 9.17) is 14.2 Å². The summed E-state index contributed by atoms with van der Waals surface area (Å²) < 4.78 is 16.9. The molecule has 0 aliphatic rings. The summed E-state index contributed by atoms with van der Waals surface area (Å²) in [5.41, 5.74) is 0. The van der Waals surface area contributed by atoms with E-state index in [2.05, 4.69) is 34.6 Å². The maximum absolute atomic E-state index is 12.9.